The third-order valence-electron chi connectivity index (χ3n) is 1.67. The summed E-state index contributed by atoms with van der Waals surface area (Å²) in [5.74, 6) is -0.222. The normalized spacial score (nSPS) is 10.5. The highest BCUT2D eigenvalue weighted by Gasteiger charge is 2.26. The maximum absolute atomic E-state index is 12.6. The predicted molar refractivity (Wildman–Crippen MR) is 58.5 cm³/mol. The van der Waals surface area contributed by atoms with Gasteiger partial charge >= 0.3 is 6.18 Å². The molecule has 1 aromatic carbocycles. The van der Waals surface area contributed by atoms with Crippen molar-refractivity contribution in [2.24, 2.45) is 0 Å². The highest BCUT2D eigenvalue weighted by atomic mass is 19.4. The first-order valence-electron chi connectivity index (χ1n) is 5.42. The molecule has 0 aliphatic rings. The average Bonchev–Trinajstić information content (AvgIpc) is 2.26. The molecule has 0 bridgehead atoms. The van der Waals surface area contributed by atoms with Gasteiger partial charge in [-0.1, -0.05) is 19.9 Å². The second-order valence-electron chi connectivity index (χ2n) is 3.02. The number of alkyl halides is 3. The van der Waals surface area contributed by atoms with E-state index >= 15 is 0 Å². The zero-order chi connectivity index (χ0) is 13.3. The smallest absolute Gasteiger partial charge is 0.389 e. The molecule has 0 heterocycles. The molecule has 0 atom stereocenters. The van der Waals surface area contributed by atoms with Crippen LogP contribution in [0.4, 0.5) is 17.6 Å². The van der Waals surface area contributed by atoms with Crippen LogP contribution in [-0.2, 0) is 0 Å². The summed E-state index contributed by atoms with van der Waals surface area (Å²) in [5.41, 5.74) is 0. The van der Waals surface area contributed by atoms with Crippen molar-refractivity contribution in [1.29, 1.82) is 0 Å². The van der Waals surface area contributed by atoms with Gasteiger partial charge in [0.15, 0.2) is 0 Å². The van der Waals surface area contributed by atoms with E-state index < -0.39 is 18.4 Å². The lowest BCUT2D eigenvalue weighted by molar-refractivity contribution is -0.136. The molecule has 0 N–H and O–H groups in total. The summed E-state index contributed by atoms with van der Waals surface area (Å²) in [6, 6.07) is 5.31. The molecule has 0 saturated heterocycles. The fourth-order valence-electron chi connectivity index (χ4n) is 1.02. The van der Waals surface area contributed by atoms with Gasteiger partial charge < -0.3 is 4.74 Å². The van der Waals surface area contributed by atoms with E-state index in [0.717, 1.165) is 6.07 Å². The lowest BCUT2D eigenvalue weighted by Crippen LogP contribution is -2.09. The van der Waals surface area contributed by atoms with Crippen LogP contribution < -0.4 is 4.74 Å². The summed E-state index contributed by atoms with van der Waals surface area (Å²) in [7, 11) is 0. The zero-order valence-corrected chi connectivity index (χ0v) is 9.85. The number of hydrogen-bond acceptors (Lipinski definition) is 1. The summed E-state index contributed by atoms with van der Waals surface area (Å²) in [5, 5.41) is 0. The van der Waals surface area contributed by atoms with E-state index in [1.165, 1.54) is 18.2 Å². The minimum atomic E-state index is -4.16. The predicted octanol–water partition coefficient (Wildman–Crippen LogP) is 4.57. The Hall–Kier alpha value is -1.26. The van der Waals surface area contributed by atoms with E-state index in [9.17, 15) is 17.6 Å². The maximum atomic E-state index is 12.6. The molecular formula is C12H16F4O. The molecule has 0 saturated carbocycles. The van der Waals surface area contributed by atoms with Gasteiger partial charge in [-0.15, -0.1) is 0 Å². The van der Waals surface area contributed by atoms with Crippen LogP contribution in [-0.4, -0.2) is 12.8 Å². The molecule has 1 rings (SSSR count). The highest BCUT2D eigenvalue weighted by molar-refractivity contribution is 5.22. The van der Waals surface area contributed by atoms with Gasteiger partial charge in [-0.2, -0.15) is 13.2 Å². The third kappa shape index (κ3) is 8.54. The van der Waals surface area contributed by atoms with E-state index in [1.807, 2.05) is 13.8 Å². The zero-order valence-electron chi connectivity index (χ0n) is 9.85. The van der Waals surface area contributed by atoms with Gasteiger partial charge in [0.1, 0.15) is 11.6 Å². The fourth-order valence-corrected chi connectivity index (χ4v) is 1.02. The Kier molecular flexibility index (Phi) is 7.34. The summed E-state index contributed by atoms with van der Waals surface area (Å²) in [6.45, 7) is 3.93. The molecule has 17 heavy (non-hydrogen) atoms. The van der Waals surface area contributed by atoms with Crippen LogP contribution in [0.25, 0.3) is 0 Å². The van der Waals surface area contributed by atoms with Crippen LogP contribution in [0.3, 0.4) is 0 Å². The molecule has 0 aromatic heterocycles. The van der Waals surface area contributed by atoms with E-state index in [1.54, 1.807) is 0 Å². The van der Waals surface area contributed by atoms with Gasteiger partial charge in [0.2, 0.25) is 0 Å². The monoisotopic (exact) mass is 252 g/mol. The van der Waals surface area contributed by atoms with Crippen molar-refractivity contribution in [1.82, 2.24) is 0 Å². The van der Waals surface area contributed by atoms with Crippen LogP contribution in [0.2, 0.25) is 0 Å². The summed E-state index contributed by atoms with van der Waals surface area (Å²) >= 11 is 0. The van der Waals surface area contributed by atoms with Crippen LogP contribution in [0.1, 0.15) is 26.7 Å². The van der Waals surface area contributed by atoms with Crippen LogP contribution in [0, 0.1) is 5.82 Å². The third-order valence-corrected chi connectivity index (χ3v) is 1.67. The second kappa shape index (κ2) is 7.92. The van der Waals surface area contributed by atoms with Gasteiger partial charge in [-0.05, 0) is 18.6 Å². The van der Waals surface area contributed by atoms with Crippen molar-refractivity contribution in [3.8, 4) is 5.75 Å². The van der Waals surface area contributed by atoms with Crippen molar-refractivity contribution in [2.75, 3.05) is 6.61 Å². The Balaban J connectivity index is 0.00000121. The van der Waals surface area contributed by atoms with Crippen molar-refractivity contribution in [3.63, 3.8) is 0 Å². The number of ether oxygens (including phenoxy) is 1. The molecule has 0 amide bonds. The molecule has 5 heteroatoms. The Morgan fingerprint density at radius 2 is 1.82 bits per heavy atom. The molecule has 0 aliphatic carbocycles. The first-order valence-corrected chi connectivity index (χ1v) is 5.42. The van der Waals surface area contributed by atoms with E-state index in [4.69, 9.17) is 4.74 Å². The molecule has 98 valence electrons. The second-order valence-corrected chi connectivity index (χ2v) is 3.02. The summed E-state index contributed by atoms with van der Waals surface area (Å²) in [4.78, 5) is 0. The molecule has 0 aliphatic heterocycles. The van der Waals surface area contributed by atoms with Gasteiger partial charge in [0, 0.05) is 12.5 Å². The van der Waals surface area contributed by atoms with E-state index in [0.29, 0.717) is 0 Å². The Labute approximate surface area is 98.4 Å². The van der Waals surface area contributed by atoms with Crippen molar-refractivity contribution in [2.45, 2.75) is 32.9 Å². The first-order chi connectivity index (χ1) is 7.97. The largest absolute Gasteiger partial charge is 0.493 e. The van der Waals surface area contributed by atoms with Crippen molar-refractivity contribution < 1.29 is 22.3 Å². The standard InChI is InChI=1S/C10H10F4O.C2H6/c11-8-3-1-4-9(7-8)15-6-2-5-10(12,13)14;1-2/h1,3-4,7H,2,5-6H2;1-2H3. The Morgan fingerprint density at radius 1 is 1.18 bits per heavy atom. The fraction of sp³-hybridized carbons (Fsp3) is 0.500. The van der Waals surface area contributed by atoms with Crippen LogP contribution in [0.15, 0.2) is 24.3 Å². The van der Waals surface area contributed by atoms with Gasteiger partial charge in [0.05, 0.1) is 6.61 Å². The number of halogens is 4. The molecule has 0 unspecified atom stereocenters. The molecule has 0 radical (unpaired) electrons. The van der Waals surface area contributed by atoms with Gasteiger partial charge in [-0.25, -0.2) is 4.39 Å². The minimum Gasteiger partial charge on any atom is -0.493 e. The average molecular weight is 252 g/mol. The maximum Gasteiger partial charge on any atom is 0.389 e. The van der Waals surface area contributed by atoms with Crippen LogP contribution in [0.5, 0.6) is 5.75 Å². The quantitative estimate of drug-likeness (QED) is 0.563. The van der Waals surface area contributed by atoms with Crippen molar-refractivity contribution in [3.05, 3.63) is 30.1 Å². The van der Waals surface area contributed by atoms with Gasteiger partial charge in [-0.3, -0.25) is 0 Å². The van der Waals surface area contributed by atoms with Crippen LogP contribution >= 0.6 is 0 Å². The minimum absolute atomic E-state index is 0.0665. The SMILES string of the molecule is CC.Fc1cccc(OCCCC(F)(F)F)c1. The summed E-state index contributed by atoms with van der Waals surface area (Å²) < 4.78 is 52.7. The van der Waals surface area contributed by atoms with E-state index in [2.05, 4.69) is 0 Å². The lowest BCUT2D eigenvalue weighted by atomic mass is 10.3. The number of rotatable bonds is 4. The Morgan fingerprint density at radius 3 is 2.35 bits per heavy atom. The molecule has 0 fully saturated rings. The van der Waals surface area contributed by atoms with Crippen molar-refractivity contribution >= 4 is 0 Å². The van der Waals surface area contributed by atoms with Gasteiger partial charge in [0.25, 0.3) is 0 Å². The number of benzene rings is 1. The first kappa shape index (κ1) is 15.7. The van der Waals surface area contributed by atoms with E-state index in [-0.39, 0.29) is 18.8 Å². The molecule has 1 aromatic rings. The molecule has 0 spiro atoms. The summed E-state index contributed by atoms with van der Waals surface area (Å²) in [6.07, 6.45) is -5.17. The molecule has 1 nitrogen and oxygen atoms in total. The Bertz CT molecular complexity index is 310. The topological polar surface area (TPSA) is 9.23 Å². The lowest BCUT2D eigenvalue weighted by Gasteiger charge is -2.07. The molecular weight excluding hydrogens is 236 g/mol. The number of hydrogen-bond donors (Lipinski definition) is 0. The highest BCUT2D eigenvalue weighted by Crippen LogP contribution is 2.21.